The van der Waals surface area contributed by atoms with Crippen LogP contribution in [0.2, 0.25) is 0 Å². The van der Waals surface area contributed by atoms with Gasteiger partial charge < -0.3 is 15.2 Å². The van der Waals surface area contributed by atoms with Gasteiger partial charge in [0, 0.05) is 31.7 Å². The Morgan fingerprint density at radius 1 is 1.17 bits per heavy atom. The third-order valence-corrected chi connectivity index (χ3v) is 3.53. The lowest BCUT2D eigenvalue weighted by molar-refractivity contribution is 1.13. The number of nitrogens with one attached hydrogen (secondary N) is 2. The number of hydrogen-bond donors (Lipinski definition) is 2. The average Bonchev–Trinajstić information content (AvgIpc) is 2.99. The van der Waals surface area contributed by atoms with Gasteiger partial charge in [0.1, 0.15) is 11.6 Å². The van der Waals surface area contributed by atoms with Crippen molar-refractivity contribution in [3.63, 3.8) is 0 Å². The van der Waals surface area contributed by atoms with Crippen molar-refractivity contribution < 1.29 is 0 Å². The average molecular weight is 303 g/mol. The zero-order valence-corrected chi connectivity index (χ0v) is 13.0. The third kappa shape index (κ3) is 3.16. The molecule has 2 N–H and O–H groups in total. The SMILES string of the molecule is CN(C)c1ccc(NC=C(C#N)c2nc3ccccc3[nH]2)cc1. The lowest BCUT2D eigenvalue weighted by Crippen LogP contribution is -2.08. The van der Waals surface area contributed by atoms with Crippen LogP contribution in [0, 0.1) is 11.3 Å². The molecule has 0 fully saturated rings. The van der Waals surface area contributed by atoms with Crippen molar-refractivity contribution in [3.8, 4) is 6.07 Å². The van der Waals surface area contributed by atoms with Gasteiger partial charge in [-0.15, -0.1) is 0 Å². The molecule has 3 aromatic rings. The van der Waals surface area contributed by atoms with E-state index in [0.29, 0.717) is 11.4 Å². The van der Waals surface area contributed by atoms with E-state index in [1.165, 1.54) is 0 Å². The predicted octanol–water partition coefficient (Wildman–Crippen LogP) is 3.61. The summed E-state index contributed by atoms with van der Waals surface area (Å²) >= 11 is 0. The van der Waals surface area contributed by atoms with E-state index < -0.39 is 0 Å². The molecule has 0 aliphatic rings. The van der Waals surface area contributed by atoms with Crippen molar-refractivity contribution in [2.24, 2.45) is 0 Å². The molecule has 114 valence electrons. The fourth-order valence-corrected chi connectivity index (χ4v) is 2.25. The highest BCUT2D eigenvalue weighted by Crippen LogP contribution is 2.18. The molecule has 2 aromatic carbocycles. The molecule has 1 heterocycles. The zero-order chi connectivity index (χ0) is 16.2. The Hall–Kier alpha value is -3.26. The van der Waals surface area contributed by atoms with Gasteiger partial charge in [-0.3, -0.25) is 0 Å². The Balaban J connectivity index is 1.83. The van der Waals surface area contributed by atoms with Gasteiger partial charge in [-0.05, 0) is 36.4 Å². The molecule has 3 rings (SSSR count). The second-order valence-corrected chi connectivity index (χ2v) is 5.36. The highest BCUT2D eigenvalue weighted by Gasteiger charge is 2.07. The molecule has 1 aromatic heterocycles. The van der Waals surface area contributed by atoms with Crippen LogP contribution in [0.15, 0.2) is 54.7 Å². The maximum Gasteiger partial charge on any atom is 0.150 e. The standard InChI is InChI=1S/C18H17N5/c1-23(2)15-9-7-14(8-10-15)20-12-13(11-19)18-21-16-5-3-4-6-17(16)22-18/h3-10,12,20H,1-2H3,(H,21,22). The van der Waals surface area contributed by atoms with E-state index in [1.807, 2.05) is 67.5 Å². The van der Waals surface area contributed by atoms with Gasteiger partial charge in [0.2, 0.25) is 0 Å². The maximum atomic E-state index is 9.37. The molecule has 0 aliphatic heterocycles. The first-order chi connectivity index (χ1) is 11.2. The van der Waals surface area contributed by atoms with Crippen LogP contribution in [-0.2, 0) is 0 Å². The monoisotopic (exact) mass is 303 g/mol. The molecular formula is C18H17N5. The Morgan fingerprint density at radius 3 is 2.57 bits per heavy atom. The lowest BCUT2D eigenvalue weighted by Gasteiger charge is -2.12. The van der Waals surface area contributed by atoms with Crippen LogP contribution in [0.3, 0.4) is 0 Å². The van der Waals surface area contributed by atoms with E-state index >= 15 is 0 Å². The molecule has 5 nitrogen and oxygen atoms in total. The molecule has 5 heteroatoms. The van der Waals surface area contributed by atoms with E-state index in [1.54, 1.807) is 6.20 Å². The Morgan fingerprint density at radius 2 is 1.91 bits per heavy atom. The smallest absolute Gasteiger partial charge is 0.150 e. The summed E-state index contributed by atoms with van der Waals surface area (Å²) in [6.07, 6.45) is 1.67. The molecule has 0 saturated carbocycles. The Labute approximate surface area is 134 Å². The minimum Gasteiger partial charge on any atom is -0.378 e. The van der Waals surface area contributed by atoms with Crippen molar-refractivity contribution in [1.29, 1.82) is 5.26 Å². The summed E-state index contributed by atoms with van der Waals surface area (Å²) in [6, 6.07) is 17.9. The quantitative estimate of drug-likeness (QED) is 0.723. The van der Waals surface area contributed by atoms with Gasteiger partial charge in [0.15, 0.2) is 5.82 Å². The summed E-state index contributed by atoms with van der Waals surface area (Å²) < 4.78 is 0. The fourth-order valence-electron chi connectivity index (χ4n) is 2.25. The van der Waals surface area contributed by atoms with E-state index in [0.717, 1.165) is 22.4 Å². The number of nitrogens with zero attached hydrogens (tertiary/aromatic N) is 3. The fraction of sp³-hybridized carbons (Fsp3) is 0.111. The number of rotatable bonds is 4. The highest BCUT2D eigenvalue weighted by atomic mass is 15.1. The molecule has 0 atom stereocenters. The lowest BCUT2D eigenvalue weighted by atomic mass is 10.2. The first kappa shape index (κ1) is 14.7. The molecule has 0 aliphatic carbocycles. The van der Waals surface area contributed by atoms with Crippen molar-refractivity contribution in [2.75, 3.05) is 24.3 Å². The van der Waals surface area contributed by atoms with E-state index in [4.69, 9.17) is 0 Å². The summed E-state index contributed by atoms with van der Waals surface area (Å²) in [4.78, 5) is 9.64. The van der Waals surface area contributed by atoms with E-state index in [-0.39, 0.29) is 0 Å². The van der Waals surface area contributed by atoms with Gasteiger partial charge in [0.05, 0.1) is 11.0 Å². The van der Waals surface area contributed by atoms with Crippen LogP contribution in [0.1, 0.15) is 5.82 Å². The zero-order valence-electron chi connectivity index (χ0n) is 13.0. The summed E-state index contributed by atoms with van der Waals surface area (Å²) in [5.74, 6) is 0.561. The van der Waals surface area contributed by atoms with Crippen molar-refractivity contribution in [1.82, 2.24) is 9.97 Å². The maximum absolute atomic E-state index is 9.37. The van der Waals surface area contributed by atoms with Crippen molar-refractivity contribution in [3.05, 3.63) is 60.6 Å². The molecular weight excluding hydrogens is 286 g/mol. The van der Waals surface area contributed by atoms with Gasteiger partial charge in [-0.2, -0.15) is 5.26 Å². The molecule has 0 bridgehead atoms. The van der Waals surface area contributed by atoms with Gasteiger partial charge in [-0.25, -0.2) is 4.98 Å². The normalized spacial score (nSPS) is 11.3. The second kappa shape index (κ2) is 6.24. The van der Waals surface area contributed by atoms with Gasteiger partial charge >= 0.3 is 0 Å². The number of aromatic nitrogens is 2. The number of para-hydroxylation sites is 2. The van der Waals surface area contributed by atoms with Crippen LogP contribution < -0.4 is 10.2 Å². The first-order valence-corrected chi connectivity index (χ1v) is 7.26. The Kier molecular flexibility index (Phi) is 3.98. The third-order valence-electron chi connectivity index (χ3n) is 3.53. The molecule has 0 amide bonds. The topological polar surface area (TPSA) is 67.7 Å². The van der Waals surface area contributed by atoms with Crippen molar-refractivity contribution >= 4 is 28.0 Å². The summed E-state index contributed by atoms with van der Waals surface area (Å²) in [6.45, 7) is 0. The Bertz CT molecular complexity index is 849. The summed E-state index contributed by atoms with van der Waals surface area (Å²) in [7, 11) is 4.00. The number of benzene rings is 2. The van der Waals surface area contributed by atoms with Crippen molar-refractivity contribution in [2.45, 2.75) is 0 Å². The minimum atomic E-state index is 0.456. The summed E-state index contributed by atoms with van der Waals surface area (Å²) in [5, 5.41) is 12.5. The second-order valence-electron chi connectivity index (χ2n) is 5.36. The largest absolute Gasteiger partial charge is 0.378 e. The molecule has 0 radical (unpaired) electrons. The van der Waals surface area contributed by atoms with Crippen LogP contribution in [0.5, 0.6) is 0 Å². The first-order valence-electron chi connectivity index (χ1n) is 7.26. The van der Waals surface area contributed by atoms with Crippen LogP contribution in [-0.4, -0.2) is 24.1 Å². The predicted molar refractivity (Wildman–Crippen MR) is 94.1 cm³/mol. The summed E-state index contributed by atoms with van der Waals surface area (Å²) in [5.41, 5.74) is 4.26. The number of aromatic amines is 1. The highest BCUT2D eigenvalue weighted by molar-refractivity contribution is 5.82. The van der Waals surface area contributed by atoms with Gasteiger partial charge in [0.25, 0.3) is 0 Å². The molecule has 23 heavy (non-hydrogen) atoms. The number of fused-ring (bicyclic) bond motifs is 1. The van der Waals surface area contributed by atoms with Gasteiger partial charge in [-0.1, -0.05) is 12.1 Å². The van der Waals surface area contributed by atoms with E-state index in [9.17, 15) is 5.26 Å². The molecule has 0 unspecified atom stereocenters. The van der Waals surface area contributed by atoms with E-state index in [2.05, 4.69) is 21.4 Å². The number of anilines is 2. The number of allylic oxidation sites excluding steroid dienone is 1. The number of nitriles is 1. The van der Waals surface area contributed by atoms with Crippen LogP contribution in [0.25, 0.3) is 16.6 Å². The minimum absolute atomic E-state index is 0.456. The molecule has 0 spiro atoms. The molecule has 0 saturated heterocycles. The number of imidazole rings is 1. The van der Waals surface area contributed by atoms with Crippen LogP contribution in [0.4, 0.5) is 11.4 Å². The number of H-pyrrole nitrogens is 1. The number of hydrogen-bond acceptors (Lipinski definition) is 4. The van der Waals surface area contributed by atoms with Crippen LogP contribution >= 0.6 is 0 Å².